The molecule has 3 aromatic rings. The van der Waals surface area contributed by atoms with Crippen LogP contribution in [0.2, 0.25) is 0 Å². The zero-order valence-corrected chi connectivity index (χ0v) is 17.6. The van der Waals surface area contributed by atoms with E-state index in [1.165, 1.54) is 23.4 Å². The third-order valence-electron chi connectivity index (χ3n) is 4.77. The van der Waals surface area contributed by atoms with Crippen molar-refractivity contribution in [3.05, 3.63) is 59.7 Å². The Morgan fingerprint density at radius 3 is 2.38 bits per heavy atom. The SMILES string of the molecule is CCN(C(=O)c1ccc(F)c(F)c1-n1nccn1)[C@@H](C)CNc1ncc(C(C)(F)F)cn1. The highest BCUT2D eigenvalue weighted by atomic mass is 19.3. The van der Waals surface area contributed by atoms with Crippen LogP contribution in [0.15, 0.2) is 36.9 Å². The van der Waals surface area contributed by atoms with Crippen LogP contribution in [0.4, 0.5) is 23.5 Å². The summed E-state index contributed by atoms with van der Waals surface area (Å²) in [4.78, 5) is 23.2. The van der Waals surface area contributed by atoms with Gasteiger partial charge in [-0.1, -0.05) is 0 Å². The standard InChI is InChI=1S/C20H21F4N7O/c1-4-30(12(2)9-25-19-26-10-13(11-27-19)20(3,23)24)18(32)14-5-6-15(21)16(22)17(14)31-28-7-8-29-31/h5-8,10-12H,4,9H2,1-3H3,(H,25,26,27)/t12-/m0/s1. The van der Waals surface area contributed by atoms with Crippen LogP contribution in [0.1, 0.15) is 36.7 Å². The average Bonchev–Trinajstić information content (AvgIpc) is 3.28. The van der Waals surface area contributed by atoms with Crippen LogP contribution in [0.25, 0.3) is 5.69 Å². The second-order valence-electron chi connectivity index (χ2n) is 7.08. The number of hydrogen-bond donors (Lipinski definition) is 1. The van der Waals surface area contributed by atoms with E-state index >= 15 is 0 Å². The molecule has 1 atom stereocenters. The van der Waals surface area contributed by atoms with Crippen molar-refractivity contribution in [1.29, 1.82) is 0 Å². The zero-order valence-electron chi connectivity index (χ0n) is 17.6. The quantitative estimate of drug-likeness (QED) is 0.528. The lowest BCUT2D eigenvalue weighted by Crippen LogP contribution is -2.42. The number of benzene rings is 1. The first kappa shape index (κ1) is 23.1. The monoisotopic (exact) mass is 451 g/mol. The normalized spacial score (nSPS) is 12.5. The van der Waals surface area contributed by atoms with E-state index in [9.17, 15) is 22.4 Å². The molecule has 12 heteroatoms. The molecule has 0 aliphatic carbocycles. The molecular formula is C20H21F4N7O. The van der Waals surface area contributed by atoms with Crippen molar-refractivity contribution in [2.75, 3.05) is 18.4 Å². The van der Waals surface area contributed by atoms with Crippen molar-refractivity contribution in [2.45, 2.75) is 32.7 Å². The lowest BCUT2D eigenvalue weighted by atomic mass is 10.1. The van der Waals surface area contributed by atoms with Gasteiger partial charge in [-0.25, -0.2) is 27.5 Å². The summed E-state index contributed by atoms with van der Waals surface area (Å²) in [5.74, 6) is -5.87. The summed E-state index contributed by atoms with van der Waals surface area (Å²) < 4.78 is 54.9. The molecule has 0 spiro atoms. The molecule has 3 rings (SSSR count). The molecule has 0 saturated carbocycles. The first-order valence-electron chi connectivity index (χ1n) is 9.73. The van der Waals surface area contributed by atoms with Gasteiger partial charge in [-0.3, -0.25) is 4.79 Å². The van der Waals surface area contributed by atoms with Gasteiger partial charge in [0.1, 0.15) is 5.69 Å². The van der Waals surface area contributed by atoms with Gasteiger partial charge in [0, 0.05) is 38.4 Å². The van der Waals surface area contributed by atoms with Crippen molar-refractivity contribution < 1.29 is 22.4 Å². The Hall–Kier alpha value is -3.57. The molecule has 0 fully saturated rings. The summed E-state index contributed by atoms with van der Waals surface area (Å²) >= 11 is 0. The summed E-state index contributed by atoms with van der Waals surface area (Å²) in [5.41, 5.74) is -0.822. The minimum Gasteiger partial charge on any atom is -0.352 e. The predicted molar refractivity (Wildman–Crippen MR) is 108 cm³/mol. The van der Waals surface area contributed by atoms with Crippen molar-refractivity contribution in [3.8, 4) is 5.69 Å². The Bertz CT molecular complexity index is 1070. The van der Waals surface area contributed by atoms with Crippen LogP contribution >= 0.6 is 0 Å². The maximum atomic E-state index is 14.5. The number of hydrogen-bond acceptors (Lipinski definition) is 6. The van der Waals surface area contributed by atoms with Gasteiger partial charge in [0.2, 0.25) is 5.95 Å². The Kier molecular flexibility index (Phi) is 6.70. The summed E-state index contributed by atoms with van der Waals surface area (Å²) in [5, 5.41) is 10.5. The number of aromatic nitrogens is 5. The number of anilines is 1. The fraction of sp³-hybridized carbons (Fsp3) is 0.350. The lowest BCUT2D eigenvalue weighted by Gasteiger charge is -2.29. The molecule has 0 unspecified atom stereocenters. The molecule has 2 aromatic heterocycles. The summed E-state index contributed by atoms with van der Waals surface area (Å²) in [6.45, 7) is 4.65. The molecule has 8 nitrogen and oxygen atoms in total. The number of alkyl halides is 2. The molecule has 0 bridgehead atoms. The van der Waals surface area contributed by atoms with Crippen LogP contribution in [0.5, 0.6) is 0 Å². The van der Waals surface area contributed by atoms with Crippen LogP contribution in [0.3, 0.4) is 0 Å². The maximum absolute atomic E-state index is 14.5. The Morgan fingerprint density at radius 2 is 1.81 bits per heavy atom. The fourth-order valence-electron chi connectivity index (χ4n) is 3.04. The zero-order chi connectivity index (χ0) is 23.5. The smallest absolute Gasteiger partial charge is 0.273 e. The van der Waals surface area contributed by atoms with E-state index in [0.717, 1.165) is 30.2 Å². The highest BCUT2D eigenvalue weighted by Crippen LogP contribution is 2.26. The number of carbonyl (C=O) groups excluding carboxylic acids is 1. The van der Waals surface area contributed by atoms with Crippen molar-refractivity contribution >= 4 is 11.9 Å². The van der Waals surface area contributed by atoms with E-state index in [0.29, 0.717) is 0 Å². The van der Waals surface area contributed by atoms with Crippen LogP contribution in [-0.4, -0.2) is 54.9 Å². The molecule has 1 amide bonds. The molecule has 1 aromatic carbocycles. The maximum Gasteiger partial charge on any atom is 0.273 e. The number of amides is 1. The number of nitrogens with zero attached hydrogens (tertiary/aromatic N) is 6. The number of nitrogens with one attached hydrogen (secondary N) is 1. The second-order valence-corrected chi connectivity index (χ2v) is 7.08. The van der Waals surface area contributed by atoms with Crippen LogP contribution < -0.4 is 5.32 Å². The van der Waals surface area contributed by atoms with E-state index in [-0.39, 0.29) is 30.2 Å². The second kappa shape index (κ2) is 9.28. The topological polar surface area (TPSA) is 88.8 Å². The number of rotatable bonds is 8. The minimum absolute atomic E-state index is 0.111. The highest BCUT2D eigenvalue weighted by Gasteiger charge is 2.28. The minimum atomic E-state index is -3.05. The van der Waals surface area contributed by atoms with Gasteiger partial charge in [-0.2, -0.15) is 10.2 Å². The van der Waals surface area contributed by atoms with Gasteiger partial charge < -0.3 is 10.2 Å². The van der Waals surface area contributed by atoms with E-state index in [1.54, 1.807) is 13.8 Å². The molecule has 0 aliphatic rings. The van der Waals surface area contributed by atoms with E-state index in [4.69, 9.17) is 0 Å². The molecule has 170 valence electrons. The van der Waals surface area contributed by atoms with Gasteiger partial charge in [0.25, 0.3) is 11.8 Å². The molecule has 0 radical (unpaired) electrons. The summed E-state index contributed by atoms with van der Waals surface area (Å²) in [7, 11) is 0. The largest absolute Gasteiger partial charge is 0.352 e. The Balaban J connectivity index is 1.78. The Morgan fingerprint density at radius 1 is 1.19 bits per heavy atom. The average molecular weight is 451 g/mol. The third kappa shape index (κ3) is 4.84. The molecule has 1 N–H and O–H groups in total. The van der Waals surface area contributed by atoms with E-state index in [1.807, 2.05) is 0 Å². The highest BCUT2D eigenvalue weighted by molar-refractivity contribution is 5.98. The number of halogens is 4. The molecule has 32 heavy (non-hydrogen) atoms. The summed E-state index contributed by atoms with van der Waals surface area (Å²) in [6.07, 6.45) is 4.60. The van der Waals surface area contributed by atoms with Gasteiger partial charge in [0.05, 0.1) is 23.5 Å². The van der Waals surface area contributed by atoms with E-state index < -0.39 is 35.2 Å². The summed E-state index contributed by atoms with van der Waals surface area (Å²) in [6, 6.07) is 1.61. The molecule has 2 heterocycles. The van der Waals surface area contributed by atoms with Gasteiger partial charge in [-0.05, 0) is 26.0 Å². The van der Waals surface area contributed by atoms with Gasteiger partial charge in [0.15, 0.2) is 11.6 Å². The third-order valence-corrected chi connectivity index (χ3v) is 4.77. The Labute approximate surface area is 181 Å². The van der Waals surface area contributed by atoms with Crippen LogP contribution in [0, 0.1) is 11.6 Å². The first-order valence-corrected chi connectivity index (χ1v) is 9.73. The van der Waals surface area contributed by atoms with Crippen molar-refractivity contribution in [3.63, 3.8) is 0 Å². The van der Waals surface area contributed by atoms with Crippen LogP contribution in [-0.2, 0) is 5.92 Å². The van der Waals surface area contributed by atoms with Gasteiger partial charge >= 0.3 is 0 Å². The number of likely N-dealkylation sites (N-methyl/N-ethyl adjacent to an activating group) is 1. The van der Waals surface area contributed by atoms with Crippen molar-refractivity contribution in [2.24, 2.45) is 0 Å². The number of carbonyl (C=O) groups is 1. The molecule has 0 aliphatic heterocycles. The molecule has 0 saturated heterocycles. The lowest BCUT2D eigenvalue weighted by molar-refractivity contribution is 0.0167. The fourth-order valence-corrected chi connectivity index (χ4v) is 3.04. The van der Waals surface area contributed by atoms with E-state index in [2.05, 4.69) is 25.5 Å². The molecular weight excluding hydrogens is 430 g/mol. The van der Waals surface area contributed by atoms with Gasteiger partial charge in [-0.15, -0.1) is 4.80 Å². The predicted octanol–water partition coefficient (Wildman–Crippen LogP) is 3.41. The first-order chi connectivity index (χ1) is 15.1. The van der Waals surface area contributed by atoms with Crippen molar-refractivity contribution in [1.82, 2.24) is 29.9 Å².